The third-order valence-electron chi connectivity index (χ3n) is 2.05. The number of alkyl halides is 2. The van der Waals surface area contributed by atoms with Gasteiger partial charge in [0.25, 0.3) is 6.43 Å². The van der Waals surface area contributed by atoms with E-state index in [1.54, 1.807) is 6.07 Å². The molecule has 0 aliphatic carbocycles. The number of ether oxygens (including phenoxy) is 1. The maximum atomic E-state index is 11.9. The fraction of sp³-hybridized carbons (Fsp3) is 0.583. The van der Waals surface area contributed by atoms with Gasteiger partial charge in [-0.15, -0.1) is 0 Å². The van der Waals surface area contributed by atoms with Crippen molar-refractivity contribution in [3.8, 4) is 0 Å². The van der Waals surface area contributed by atoms with Gasteiger partial charge in [0.2, 0.25) is 0 Å². The Kier molecular flexibility index (Phi) is 6.00. The summed E-state index contributed by atoms with van der Waals surface area (Å²) in [7, 11) is 0. The molecule has 5 heteroatoms. The van der Waals surface area contributed by atoms with E-state index in [1.807, 2.05) is 12.1 Å². The van der Waals surface area contributed by atoms with Crippen molar-refractivity contribution < 1.29 is 13.5 Å². The summed E-state index contributed by atoms with van der Waals surface area (Å²) in [5.41, 5.74) is 1.56. The predicted octanol–water partition coefficient (Wildman–Crippen LogP) is 2.36. The summed E-state index contributed by atoms with van der Waals surface area (Å²) in [5.74, 6) is 0. The van der Waals surface area contributed by atoms with Gasteiger partial charge in [0.05, 0.1) is 18.0 Å². The molecule has 1 rings (SSSR count). The Morgan fingerprint density at radius 2 is 2.00 bits per heavy atom. The van der Waals surface area contributed by atoms with E-state index in [2.05, 4.69) is 24.1 Å². The number of rotatable bonds is 7. The van der Waals surface area contributed by atoms with Crippen LogP contribution in [0.5, 0.6) is 0 Å². The molecule has 0 unspecified atom stereocenters. The zero-order valence-corrected chi connectivity index (χ0v) is 10.1. The van der Waals surface area contributed by atoms with Gasteiger partial charge < -0.3 is 10.1 Å². The largest absolute Gasteiger partial charge is 0.369 e. The zero-order valence-electron chi connectivity index (χ0n) is 10.1. The molecule has 0 aliphatic rings. The molecule has 17 heavy (non-hydrogen) atoms. The molecule has 0 atom stereocenters. The van der Waals surface area contributed by atoms with Crippen LogP contribution in [0, 0.1) is 0 Å². The third-order valence-corrected chi connectivity index (χ3v) is 2.05. The van der Waals surface area contributed by atoms with Crippen LogP contribution in [0.1, 0.15) is 25.2 Å². The maximum absolute atomic E-state index is 11.9. The number of halogens is 2. The number of pyridine rings is 1. The van der Waals surface area contributed by atoms with Crippen molar-refractivity contribution in [1.82, 2.24) is 10.3 Å². The van der Waals surface area contributed by atoms with Crippen molar-refractivity contribution in [1.29, 1.82) is 0 Å². The summed E-state index contributed by atoms with van der Waals surface area (Å²) in [4.78, 5) is 4.31. The van der Waals surface area contributed by atoms with Crippen LogP contribution in [-0.2, 0) is 17.9 Å². The molecule has 1 aromatic rings. The highest BCUT2D eigenvalue weighted by Crippen LogP contribution is 2.03. The Hall–Kier alpha value is -1.07. The second-order valence-electron chi connectivity index (χ2n) is 4.06. The first-order chi connectivity index (χ1) is 8.08. The van der Waals surface area contributed by atoms with Crippen LogP contribution in [0.15, 0.2) is 18.2 Å². The van der Waals surface area contributed by atoms with Crippen LogP contribution in [-0.4, -0.2) is 24.1 Å². The Labute approximate surface area is 100 Å². The molecule has 0 saturated carbocycles. The second kappa shape index (κ2) is 7.29. The Bertz CT molecular complexity index is 332. The number of hydrogen-bond acceptors (Lipinski definition) is 3. The summed E-state index contributed by atoms with van der Waals surface area (Å²) in [6.45, 7) is 4.35. The Morgan fingerprint density at radius 1 is 1.29 bits per heavy atom. The lowest BCUT2D eigenvalue weighted by Gasteiger charge is -2.09. The second-order valence-corrected chi connectivity index (χ2v) is 4.06. The summed E-state index contributed by atoms with van der Waals surface area (Å²) in [5, 5.41) is 3.24. The molecule has 3 nitrogen and oxygen atoms in total. The van der Waals surface area contributed by atoms with Crippen LogP contribution in [0.25, 0.3) is 0 Å². The zero-order chi connectivity index (χ0) is 12.7. The van der Waals surface area contributed by atoms with Gasteiger partial charge in [0.15, 0.2) is 0 Å². The first-order valence-electron chi connectivity index (χ1n) is 5.62. The quantitative estimate of drug-likeness (QED) is 0.799. The fourth-order valence-corrected chi connectivity index (χ4v) is 1.27. The number of aromatic nitrogens is 1. The fourth-order valence-electron chi connectivity index (χ4n) is 1.27. The summed E-state index contributed by atoms with van der Waals surface area (Å²) >= 11 is 0. The van der Waals surface area contributed by atoms with Crippen molar-refractivity contribution in [3.63, 3.8) is 0 Å². The summed E-state index contributed by atoms with van der Waals surface area (Å²) < 4.78 is 28.6. The molecule has 1 heterocycles. The lowest BCUT2D eigenvalue weighted by atomic mass is 10.3. The van der Waals surface area contributed by atoms with E-state index in [0.29, 0.717) is 18.3 Å². The molecule has 96 valence electrons. The van der Waals surface area contributed by atoms with E-state index in [4.69, 9.17) is 4.74 Å². The molecule has 0 spiro atoms. The standard InChI is InChI=1S/C12H18F2N2O/c1-9(2)15-6-10-4-3-5-11(16-10)7-17-8-12(13)14/h3-5,9,12,15H,6-8H2,1-2H3. The van der Waals surface area contributed by atoms with Crippen LogP contribution >= 0.6 is 0 Å². The van der Waals surface area contributed by atoms with E-state index in [1.165, 1.54) is 0 Å². The van der Waals surface area contributed by atoms with E-state index in [-0.39, 0.29) is 6.61 Å². The van der Waals surface area contributed by atoms with Gasteiger partial charge in [-0.3, -0.25) is 4.98 Å². The van der Waals surface area contributed by atoms with Gasteiger partial charge in [-0.1, -0.05) is 19.9 Å². The van der Waals surface area contributed by atoms with Gasteiger partial charge in [-0.05, 0) is 12.1 Å². The molecule has 1 aromatic heterocycles. The molecule has 0 radical (unpaired) electrons. The topological polar surface area (TPSA) is 34.1 Å². The maximum Gasteiger partial charge on any atom is 0.261 e. The highest BCUT2D eigenvalue weighted by molar-refractivity contribution is 5.10. The van der Waals surface area contributed by atoms with Crippen molar-refractivity contribution in [2.45, 2.75) is 39.5 Å². The van der Waals surface area contributed by atoms with E-state index in [9.17, 15) is 8.78 Å². The van der Waals surface area contributed by atoms with Crippen molar-refractivity contribution in [2.24, 2.45) is 0 Å². The summed E-state index contributed by atoms with van der Waals surface area (Å²) in [6, 6.07) is 5.90. The van der Waals surface area contributed by atoms with E-state index >= 15 is 0 Å². The molecule has 0 amide bonds. The first-order valence-corrected chi connectivity index (χ1v) is 5.62. The molecule has 1 N–H and O–H groups in total. The molecular formula is C12H18F2N2O. The number of nitrogens with one attached hydrogen (secondary N) is 1. The monoisotopic (exact) mass is 244 g/mol. The first kappa shape index (κ1) is 14.0. The number of nitrogens with zero attached hydrogens (tertiary/aromatic N) is 1. The van der Waals surface area contributed by atoms with Gasteiger partial charge in [0, 0.05) is 12.6 Å². The average molecular weight is 244 g/mol. The Morgan fingerprint density at radius 3 is 2.65 bits per heavy atom. The highest BCUT2D eigenvalue weighted by atomic mass is 19.3. The minimum atomic E-state index is -2.43. The highest BCUT2D eigenvalue weighted by Gasteiger charge is 2.03. The Balaban J connectivity index is 2.42. The molecule has 0 saturated heterocycles. The van der Waals surface area contributed by atoms with E-state index in [0.717, 1.165) is 5.69 Å². The average Bonchev–Trinajstić information content (AvgIpc) is 2.26. The van der Waals surface area contributed by atoms with Crippen LogP contribution < -0.4 is 5.32 Å². The third kappa shape index (κ3) is 6.28. The SMILES string of the molecule is CC(C)NCc1cccc(COCC(F)F)n1. The van der Waals surface area contributed by atoms with Gasteiger partial charge in [-0.25, -0.2) is 8.78 Å². The number of hydrogen-bond donors (Lipinski definition) is 1. The summed E-state index contributed by atoms with van der Waals surface area (Å²) in [6.07, 6.45) is -2.43. The normalized spacial score (nSPS) is 11.4. The molecule has 0 bridgehead atoms. The molecule has 0 aliphatic heterocycles. The van der Waals surface area contributed by atoms with Gasteiger partial charge >= 0.3 is 0 Å². The minimum Gasteiger partial charge on any atom is -0.369 e. The lowest BCUT2D eigenvalue weighted by molar-refractivity contribution is 0.00879. The van der Waals surface area contributed by atoms with Gasteiger partial charge in [0.1, 0.15) is 6.61 Å². The molecule has 0 aromatic carbocycles. The smallest absolute Gasteiger partial charge is 0.261 e. The van der Waals surface area contributed by atoms with Crippen molar-refractivity contribution in [2.75, 3.05) is 6.61 Å². The molecular weight excluding hydrogens is 226 g/mol. The molecule has 0 fully saturated rings. The predicted molar refractivity (Wildman–Crippen MR) is 61.9 cm³/mol. The minimum absolute atomic E-state index is 0.125. The lowest BCUT2D eigenvalue weighted by Crippen LogP contribution is -2.22. The van der Waals surface area contributed by atoms with Crippen molar-refractivity contribution >= 4 is 0 Å². The van der Waals surface area contributed by atoms with Crippen LogP contribution in [0.2, 0.25) is 0 Å². The van der Waals surface area contributed by atoms with E-state index < -0.39 is 13.0 Å². The van der Waals surface area contributed by atoms with Crippen molar-refractivity contribution in [3.05, 3.63) is 29.6 Å². The van der Waals surface area contributed by atoms with Gasteiger partial charge in [-0.2, -0.15) is 0 Å². The van der Waals surface area contributed by atoms with Crippen LogP contribution in [0.3, 0.4) is 0 Å². The van der Waals surface area contributed by atoms with Crippen LogP contribution in [0.4, 0.5) is 8.78 Å².